The van der Waals surface area contributed by atoms with Gasteiger partial charge in [-0.05, 0) is 40.6 Å². The van der Waals surface area contributed by atoms with Gasteiger partial charge in [-0.3, -0.25) is 10.1 Å². The highest BCUT2D eigenvalue weighted by atomic mass is 16.6. The average molecular weight is 339 g/mol. The highest BCUT2D eigenvalue weighted by Gasteiger charge is 2.15. The van der Waals surface area contributed by atoms with Crippen LogP contribution in [-0.2, 0) is 0 Å². The van der Waals surface area contributed by atoms with Crippen molar-refractivity contribution in [1.82, 2.24) is 0 Å². The van der Waals surface area contributed by atoms with Gasteiger partial charge in [-0.2, -0.15) is 0 Å². The first-order valence-electron chi connectivity index (χ1n) is 8.30. The first kappa shape index (κ1) is 14.7. The second-order valence-electron chi connectivity index (χ2n) is 6.25. The molecule has 0 aliphatic heterocycles. The minimum atomic E-state index is -0.341. The van der Waals surface area contributed by atoms with Crippen LogP contribution >= 0.6 is 0 Å². The van der Waals surface area contributed by atoms with E-state index in [1.54, 1.807) is 12.1 Å². The Hall–Kier alpha value is -3.66. The molecule has 4 aromatic carbocycles. The number of para-hydroxylation sites is 2. The van der Waals surface area contributed by atoms with E-state index in [2.05, 4.69) is 6.07 Å². The van der Waals surface area contributed by atoms with Gasteiger partial charge in [0.05, 0.1) is 10.5 Å². The van der Waals surface area contributed by atoms with Crippen molar-refractivity contribution in [3.05, 3.63) is 89.0 Å². The number of nitrogens with zero attached hydrogens (tertiary/aromatic N) is 1. The maximum absolute atomic E-state index is 11.3. The van der Waals surface area contributed by atoms with E-state index in [-0.39, 0.29) is 10.6 Å². The molecule has 0 atom stereocenters. The second-order valence-corrected chi connectivity index (χ2v) is 6.25. The second kappa shape index (κ2) is 5.43. The first-order valence-corrected chi connectivity index (χ1v) is 8.30. The van der Waals surface area contributed by atoms with Gasteiger partial charge in [-0.1, -0.05) is 48.5 Å². The molecular formula is C22H13NO3. The smallest absolute Gasteiger partial charge is 0.277 e. The minimum Gasteiger partial charge on any atom is -0.456 e. The first-order chi connectivity index (χ1) is 12.7. The van der Waals surface area contributed by atoms with Crippen molar-refractivity contribution in [3.63, 3.8) is 0 Å². The van der Waals surface area contributed by atoms with Crippen molar-refractivity contribution >= 4 is 38.4 Å². The summed E-state index contributed by atoms with van der Waals surface area (Å²) >= 11 is 0. The molecule has 0 saturated carbocycles. The summed E-state index contributed by atoms with van der Waals surface area (Å²) in [4.78, 5) is 11.0. The van der Waals surface area contributed by atoms with Crippen LogP contribution in [0.1, 0.15) is 0 Å². The van der Waals surface area contributed by atoms with Gasteiger partial charge in [0.25, 0.3) is 5.69 Å². The van der Waals surface area contributed by atoms with Crippen LogP contribution in [0.15, 0.2) is 83.3 Å². The van der Waals surface area contributed by atoms with E-state index in [4.69, 9.17) is 4.42 Å². The van der Waals surface area contributed by atoms with Crippen molar-refractivity contribution in [2.24, 2.45) is 0 Å². The SMILES string of the molecule is O=[N+]([O-])c1ccccc1-c1ccc2c(ccc3oc4ccccc4c32)c1. The largest absolute Gasteiger partial charge is 0.456 e. The molecule has 0 bridgehead atoms. The van der Waals surface area contributed by atoms with Crippen LogP contribution in [0.3, 0.4) is 0 Å². The molecule has 1 heterocycles. The van der Waals surface area contributed by atoms with Gasteiger partial charge in [-0.15, -0.1) is 0 Å². The lowest BCUT2D eigenvalue weighted by atomic mass is 9.97. The quantitative estimate of drug-likeness (QED) is 0.279. The van der Waals surface area contributed by atoms with Gasteiger partial charge in [0.2, 0.25) is 0 Å². The number of furan rings is 1. The van der Waals surface area contributed by atoms with Gasteiger partial charge in [0.15, 0.2) is 0 Å². The number of nitro groups is 1. The topological polar surface area (TPSA) is 56.3 Å². The molecule has 0 amide bonds. The molecular weight excluding hydrogens is 326 g/mol. The van der Waals surface area contributed by atoms with Crippen LogP contribution in [0.2, 0.25) is 0 Å². The highest BCUT2D eigenvalue weighted by Crippen LogP contribution is 2.37. The van der Waals surface area contributed by atoms with Crippen molar-refractivity contribution in [2.75, 3.05) is 0 Å². The molecule has 4 heteroatoms. The van der Waals surface area contributed by atoms with E-state index in [1.165, 1.54) is 6.07 Å². The van der Waals surface area contributed by atoms with E-state index in [9.17, 15) is 10.1 Å². The molecule has 0 saturated heterocycles. The van der Waals surface area contributed by atoms with Crippen molar-refractivity contribution in [1.29, 1.82) is 0 Å². The maximum Gasteiger partial charge on any atom is 0.277 e. The molecule has 5 aromatic rings. The van der Waals surface area contributed by atoms with Gasteiger partial charge in [0, 0.05) is 16.8 Å². The summed E-state index contributed by atoms with van der Waals surface area (Å²) in [7, 11) is 0. The lowest BCUT2D eigenvalue weighted by molar-refractivity contribution is -0.384. The summed E-state index contributed by atoms with van der Waals surface area (Å²) in [5.41, 5.74) is 3.27. The molecule has 5 rings (SSSR count). The third-order valence-corrected chi connectivity index (χ3v) is 4.77. The van der Waals surface area contributed by atoms with Gasteiger partial charge in [0.1, 0.15) is 11.2 Å². The molecule has 0 unspecified atom stereocenters. The number of hydrogen-bond acceptors (Lipinski definition) is 3. The van der Waals surface area contributed by atoms with Gasteiger partial charge in [-0.25, -0.2) is 0 Å². The number of hydrogen-bond donors (Lipinski definition) is 0. The average Bonchev–Trinajstić information content (AvgIpc) is 3.06. The van der Waals surface area contributed by atoms with Crippen LogP contribution in [-0.4, -0.2) is 4.92 Å². The Morgan fingerprint density at radius 3 is 2.46 bits per heavy atom. The predicted octanol–water partition coefficient (Wildman–Crippen LogP) is 6.31. The molecule has 124 valence electrons. The fourth-order valence-corrected chi connectivity index (χ4v) is 3.60. The molecule has 0 spiro atoms. The van der Waals surface area contributed by atoms with Gasteiger partial charge >= 0.3 is 0 Å². The van der Waals surface area contributed by atoms with Crippen LogP contribution in [0.5, 0.6) is 0 Å². The lowest BCUT2D eigenvalue weighted by Crippen LogP contribution is -1.91. The summed E-state index contributed by atoms with van der Waals surface area (Å²) in [6, 6.07) is 24.7. The third-order valence-electron chi connectivity index (χ3n) is 4.77. The van der Waals surface area contributed by atoms with Crippen LogP contribution in [0.4, 0.5) is 5.69 Å². The third kappa shape index (κ3) is 2.09. The van der Waals surface area contributed by atoms with E-state index >= 15 is 0 Å². The molecule has 0 radical (unpaired) electrons. The normalized spacial score (nSPS) is 11.4. The summed E-state index contributed by atoms with van der Waals surface area (Å²) in [6.45, 7) is 0. The van der Waals surface area contributed by atoms with Crippen molar-refractivity contribution in [3.8, 4) is 11.1 Å². The fraction of sp³-hybridized carbons (Fsp3) is 0. The Morgan fingerprint density at radius 1 is 0.769 bits per heavy atom. The molecule has 26 heavy (non-hydrogen) atoms. The molecule has 1 aromatic heterocycles. The predicted molar refractivity (Wildman–Crippen MR) is 103 cm³/mol. The summed E-state index contributed by atoms with van der Waals surface area (Å²) < 4.78 is 5.94. The van der Waals surface area contributed by atoms with E-state index < -0.39 is 0 Å². The van der Waals surface area contributed by atoms with Crippen LogP contribution < -0.4 is 0 Å². The number of nitro benzene ring substituents is 1. The Kier molecular flexibility index (Phi) is 3.06. The highest BCUT2D eigenvalue weighted by molar-refractivity contribution is 6.19. The summed E-state index contributed by atoms with van der Waals surface area (Å²) in [5.74, 6) is 0. The zero-order valence-corrected chi connectivity index (χ0v) is 13.7. The fourth-order valence-electron chi connectivity index (χ4n) is 3.60. The lowest BCUT2D eigenvalue weighted by Gasteiger charge is -2.06. The van der Waals surface area contributed by atoms with Gasteiger partial charge < -0.3 is 4.42 Å². The van der Waals surface area contributed by atoms with Crippen molar-refractivity contribution in [2.45, 2.75) is 0 Å². The Labute approximate surface area is 148 Å². The Bertz CT molecular complexity index is 1320. The minimum absolute atomic E-state index is 0.113. The maximum atomic E-state index is 11.3. The zero-order valence-electron chi connectivity index (χ0n) is 13.7. The Morgan fingerprint density at radius 2 is 1.58 bits per heavy atom. The van der Waals surface area contributed by atoms with Crippen molar-refractivity contribution < 1.29 is 9.34 Å². The summed E-state index contributed by atoms with van der Waals surface area (Å²) in [5, 5.41) is 15.6. The van der Waals surface area contributed by atoms with Crippen LogP contribution in [0, 0.1) is 10.1 Å². The number of rotatable bonds is 2. The van der Waals surface area contributed by atoms with Crippen LogP contribution in [0.25, 0.3) is 43.8 Å². The molecule has 0 aliphatic carbocycles. The van der Waals surface area contributed by atoms with E-state index in [0.29, 0.717) is 5.56 Å². The zero-order chi connectivity index (χ0) is 17.7. The molecule has 0 aliphatic rings. The molecule has 0 N–H and O–H groups in total. The number of fused-ring (bicyclic) bond motifs is 5. The monoisotopic (exact) mass is 339 g/mol. The molecule has 0 fully saturated rings. The van der Waals surface area contributed by atoms with E-state index in [0.717, 1.165) is 38.3 Å². The molecule has 4 nitrogen and oxygen atoms in total. The number of benzene rings is 4. The summed E-state index contributed by atoms with van der Waals surface area (Å²) in [6.07, 6.45) is 0. The standard InChI is InChI=1S/C22H13NO3/c24-23(25)19-7-3-1-5-16(19)14-9-11-17-15(13-14)10-12-21-22(17)18-6-2-4-8-20(18)26-21/h1-13H. The van der Waals surface area contributed by atoms with E-state index in [1.807, 2.05) is 54.6 Å². The Balaban J connectivity index is 1.81.